The lowest BCUT2D eigenvalue weighted by atomic mass is 9.93. The van der Waals surface area contributed by atoms with E-state index >= 15 is 0 Å². The fraction of sp³-hybridized carbons (Fsp3) is 0.333. The third-order valence-corrected chi connectivity index (χ3v) is 5.72. The summed E-state index contributed by atoms with van der Waals surface area (Å²) < 4.78 is 173. The number of benzene rings is 2. The topological polar surface area (TPSA) is 49.4 Å². The van der Waals surface area contributed by atoms with E-state index < -0.39 is 94.2 Å². The van der Waals surface area contributed by atoms with E-state index in [9.17, 15) is 66.7 Å². The van der Waals surface area contributed by atoms with Gasteiger partial charge in [-0.25, -0.2) is 9.18 Å². The molecule has 0 aliphatic rings. The molecule has 42 heavy (non-hydrogen) atoms. The monoisotopic (exact) mass is 646 g/mol. The van der Waals surface area contributed by atoms with Gasteiger partial charge in [0, 0.05) is 18.2 Å². The van der Waals surface area contributed by atoms with E-state index in [0.29, 0.717) is 29.2 Å². The minimum Gasteiger partial charge on any atom is -0.329 e. The summed E-state index contributed by atoms with van der Waals surface area (Å²) in [5.41, 5.74) is -7.02. The molecule has 2 aromatic carbocycles. The number of hydrogen-bond acceptors (Lipinski definition) is 2. The van der Waals surface area contributed by atoms with Crippen LogP contribution in [0.2, 0.25) is 5.02 Å². The number of rotatable bonds is 7. The van der Waals surface area contributed by atoms with Gasteiger partial charge in [0.15, 0.2) is 5.78 Å². The maximum atomic E-state index is 14.9. The summed E-state index contributed by atoms with van der Waals surface area (Å²) in [5, 5.41) is 0.413. The average Bonchev–Trinajstić information content (AvgIpc) is 2.83. The van der Waals surface area contributed by atoms with Crippen molar-refractivity contribution in [3.05, 3.63) is 75.3 Å². The summed E-state index contributed by atoms with van der Waals surface area (Å²) in [6.45, 7) is -3.00. The third-order valence-electron chi connectivity index (χ3n) is 5.39. The van der Waals surface area contributed by atoms with Crippen molar-refractivity contribution in [3.63, 3.8) is 0 Å². The molecule has 0 saturated heterocycles. The van der Waals surface area contributed by atoms with Crippen LogP contribution >= 0.6 is 11.6 Å². The molecular formula is C24H16ClF13N2O2. The molecule has 2 amide bonds. The molecule has 0 aliphatic heterocycles. The van der Waals surface area contributed by atoms with Gasteiger partial charge < -0.3 is 10.2 Å². The predicted molar refractivity (Wildman–Crippen MR) is 122 cm³/mol. The number of amides is 2. The fourth-order valence-corrected chi connectivity index (χ4v) is 3.65. The molecule has 1 atom stereocenters. The fourth-order valence-electron chi connectivity index (χ4n) is 3.43. The second kappa shape index (κ2) is 12.4. The lowest BCUT2D eigenvalue weighted by molar-refractivity contribution is -0.142. The molecule has 0 heterocycles. The Hall–Kier alpha value is -3.50. The van der Waals surface area contributed by atoms with Gasteiger partial charge in [-0.1, -0.05) is 29.8 Å². The number of urea groups is 1. The number of Topliss-reactive ketones (excluding diaryl/α,β-unsaturated/α-hetero) is 1. The summed E-state index contributed by atoms with van der Waals surface area (Å²) in [4.78, 5) is 24.5. The molecule has 0 aromatic heterocycles. The molecule has 1 unspecified atom stereocenters. The zero-order valence-corrected chi connectivity index (χ0v) is 21.3. The van der Waals surface area contributed by atoms with Crippen LogP contribution in [-0.2, 0) is 12.4 Å². The van der Waals surface area contributed by atoms with E-state index in [4.69, 9.17) is 11.6 Å². The van der Waals surface area contributed by atoms with E-state index in [2.05, 4.69) is 0 Å². The number of halogens is 14. The van der Waals surface area contributed by atoms with Gasteiger partial charge in [0.2, 0.25) is 0 Å². The van der Waals surface area contributed by atoms with Crippen LogP contribution in [0.15, 0.2) is 42.5 Å². The van der Waals surface area contributed by atoms with Crippen molar-refractivity contribution in [2.45, 2.75) is 30.6 Å². The van der Waals surface area contributed by atoms with Crippen LogP contribution < -0.4 is 5.32 Å². The van der Waals surface area contributed by atoms with Crippen LogP contribution in [-0.4, -0.2) is 49.2 Å². The summed E-state index contributed by atoms with van der Waals surface area (Å²) in [7, 11) is 0.784. The Balaban J connectivity index is 2.48. The third kappa shape index (κ3) is 9.25. The maximum Gasteiger partial charge on any atom is 0.417 e. The maximum absolute atomic E-state index is 14.9. The highest BCUT2D eigenvalue weighted by molar-refractivity contribution is 6.31. The molecule has 4 nitrogen and oxygen atoms in total. The zero-order chi connectivity index (χ0) is 32.4. The molecule has 0 saturated carbocycles. The van der Waals surface area contributed by atoms with Gasteiger partial charge in [0.1, 0.15) is 18.3 Å². The number of ketones is 1. The predicted octanol–water partition coefficient (Wildman–Crippen LogP) is 8.42. The Kier molecular flexibility index (Phi) is 10.2. The van der Waals surface area contributed by atoms with E-state index in [1.54, 1.807) is 0 Å². The number of nitrogens with zero attached hydrogens (tertiary/aromatic N) is 1. The first-order chi connectivity index (χ1) is 18.9. The second-order valence-electron chi connectivity index (χ2n) is 8.58. The molecule has 2 aromatic rings. The first-order valence-electron chi connectivity index (χ1n) is 11.0. The number of alkyl halides is 12. The van der Waals surface area contributed by atoms with Crippen LogP contribution in [0, 0.1) is 0 Å². The van der Waals surface area contributed by atoms with Gasteiger partial charge in [-0.3, -0.25) is 4.79 Å². The van der Waals surface area contributed by atoms with Gasteiger partial charge in [-0.05, 0) is 29.8 Å². The van der Waals surface area contributed by atoms with Gasteiger partial charge in [0.05, 0.1) is 22.7 Å². The van der Waals surface area contributed by atoms with E-state index in [-0.39, 0.29) is 18.2 Å². The normalized spacial score (nSPS) is 14.0. The van der Waals surface area contributed by atoms with Crippen LogP contribution in [0.3, 0.4) is 0 Å². The average molecular weight is 647 g/mol. The first kappa shape index (κ1) is 34.7. The summed E-state index contributed by atoms with van der Waals surface area (Å²) in [6.07, 6.45) is -21.1. The number of hydrogen-bond donors (Lipinski definition) is 1. The standard InChI is InChI=1S/C24H16ClF13N2O2/c1-40(20(42)39-10-21(27,28)29)9-19(41)13-4-2-12(7-15(13)23(33,34)35)18(26)8-14(22(30,31)32)11-3-5-17(25)16(6-11)24(36,37)38/h2-8,14H,9-10H2,1H3,(H,39,42)/b18-8-. The number of nitrogens with one attached hydrogen (secondary N) is 1. The Labute approximate surface area is 232 Å². The van der Waals surface area contributed by atoms with Crippen molar-refractivity contribution >= 4 is 29.2 Å². The Bertz CT molecular complexity index is 1350. The SMILES string of the molecule is CN(CC(=O)c1ccc(/C(F)=C/C(c2ccc(Cl)c(C(F)(F)F)c2)C(F)(F)F)cc1C(F)(F)F)C(=O)NCC(F)(F)F. The van der Waals surface area contributed by atoms with E-state index in [0.717, 1.165) is 7.05 Å². The minimum absolute atomic E-state index is 0.00847. The van der Waals surface area contributed by atoms with Crippen LogP contribution in [0.4, 0.5) is 61.9 Å². The minimum atomic E-state index is -5.42. The van der Waals surface area contributed by atoms with Crippen molar-refractivity contribution in [3.8, 4) is 0 Å². The number of carbonyl (C=O) groups excluding carboxylic acids is 2. The second-order valence-corrected chi connectivity index (χ2v) is 8.99. The van der Waals surface area contributed by atoms with Crippen LogP contribution in [0.5, 0.6) is 0 Å². The van der Waals surface area contributed by atoms with E-state index in [1.807, 2.05) is 0 Å². The van der Waals surface area contributed by atoms with Gasteiger partial charge in [-0.2, -0.15) is 52.7 Å². The van der Waals surface area contributed by atoms with Crippen molar-refractivity contribution in [1.29, 1.82) is 0 Å². The van der Waals surface area contributed by atoms with Crippen LogP contribution in [0.1, 0.15) is 38.5 Å². The van der Waals surface area contributed by atoms with Crippen molar-refractivity contribution < 1.29 is 66.7 Å². The highest BCUT2D eigenvalue weighted by atomic mass is 35.5. The Morgan fingerprint density at radius 3 is 1.95 bits per heavy atom. The van der Waals surface area contributed by atoms with Crippen molar-refractivity contribution in [2.75, 3.05) is 20.1 Å². The number of likely N-dealkylation sites (N-methyl/N-ethyl adjacent to an activating group) is 1. The van der Waals surface area contributed by atoms with Gasteiger partial charge >= 0.3 is 30.7 Å². The number of allylic oxidation sites excluding steroid dienone is 1. The molecule has 1 N–H and O–H groups in total. The molecule has 0 radical (unpaired) electrons. The highest BCUT2D eigenvalue weighted by Gasteiger charge is 2.42. The highest BCUT2D eigenvalue weighted by Crippen LogP contribution is 2.43. The quantitative estimate of drug-likeness (QED) is 0.243. The molecule has 2 rings (SSSR count). The smallest absolute Gasteiger partial charge is 0.329 e. The van der Waals surface area contributed by atoms with E-state index in [1.165, 1.54) is 5.32 Å². The van der Waals surface area contributed by atoms with Crippen LogP contribution in [0.25, 0.3) is 5.83 Å². The largest absolute Gasteiger partial charge is 0.417 e. The first-order valence-corrected chi connectivity index (χ1v) is 11.4. The summed E-state index contributed by atoms with van der Waals surface area (Å²) in [6, 6.07) is 0.315. The lowest BCUT2D eigenvalue weighted by Gasteiger charge is -2.20. The van der Waals surface area contributed by atoms with Crippen molar-refractivity contribution in [2.24, 2.45) is 0 Å². The molecule has 0 aliphatic carbocycles. The molecule has 232 valence electrons. The van der Waals surface area contributed by atoms with Gasteiger partial charge in [0.25, 0.3) is 0 Å². The molecule has 0 bridgehead atoms. The molecule has 18 heteroatoms. The number of carbonyl (C=O) groups is 2. The Morgan fingerprint density at radius 1 is 0.881 bits per heavy atom. The molecule has 0 fully saturated rings. The Morgan fingerprint density at radius 2 is 1.45 bits per heavy atom. The van der Waals surface area contributed by atoms with Crippen molar-refractivity contribution in [1.82, 2.24) is 10.2 Å². The summed E-state index contributed by atoms with van der Waals surface area (Å²) in [5.74, 6) is -6.50. The zero-order valence-electron chi connectivity index (χ0n) is 20.6. The van der Waals surface area contributed by atoms with Gasteiger partial charge in [-0.15, -0.1) is 0 Å². The summed E-state index contributed by atoms with van der Waals surface area (Å²) >= 11 is 5.39. The molecule has 0 spiro atoms. The lowest BCUT2D eigenvalue weighted by Crippen LogP contribution is -2.43. The molecular weight excluding hydrogens is 631 g/mol.